The van der Waals surface area contributed by atoms with Gasteiger partial charge in [0.05, 0.1) is 20.8 Å². The van der Waals surface area contributed by atoms with Gasteiger partial charge in [-0.3, -0.25) is 9.48 Å². The molecule has 0 aliphatic carbocycles. The van der Waals surface area contributed by atoms with Gasteiger partial charge in [0.15, 0.2) is 11.5 Å². The first-order chi connectivity index (χ1) is 12.7. The third-order valence-electron chi connectivity index (χ3n) is 4.10. The Morgan fingerprint density at radius 2 is 1.81 bits per heavy atom. The highest BCUT2D eigenvalue weighted by molar-refractivity contribution is 5.94. The first-order valence-electron chi connectivity index (χ1n) is 8.25. The molecule has 0 atom stereocenters. The summed E-state index contributed by atoms with van der Waals surface area (Å²) in [6.07, 6.45) is 3.67. The Morgan fingerprint density at radius 3 is 2.50 bits per heavy atom. The van der Waals surface area contributed by atoms with Crippen molar-refractivity contribution < 1.29 is 14.3 Å². The van der Waals surface area contributed by atoms with E-state index in [2.05, 4.69) is 10.4 Å². The van der Waals surface area contributed by atoms with Crippen molar-refractivity contribution in [2.24, 2.45) is 0 Å². The zero-order chi connectivity index (χ0) is 18.4. The zero-order valence-corrected chi connectivity index (χ0v) is 14.8. The van der Waals surface area contributed by atoms with Crippen LogP contribution in [-0.4, -0.2) is 29.9 Å². The first-order valence-corrected chi connectivity index (χ1v) is 8.25. The van der Waals surface area contributed by atoms with Gasteiger partial charge in [-0.25, -0.2) is 0 Å². The first kappa shape index (κ1) is 17.5. The van der Waals surface area contributed by atoms with Gasteiger partial charge in [0, 0.05) is 24.5 Å². The summed E-state index contributed by atoms with van der Waals surface area (Å²) in [5.74, 6) is 0.952. The van der Waals surface area contributed by atoms with Crippen LogP contribution in [0, 0.1) is 0 Å². The van der Waals surface area contributed by atoms with Gasteiger partial charge in [-0.15, -0.1) is 0 Å². The smallest absolute Gasteiger partial charge is 0.251 e. The summed E-state index contributed by atoms with van der Waals surface area (Å²) in [4.78, 5) is 12.5. The molecule has 0 spiro atoms. The fourth-order valence-electron chi connectivity index (χ4n) is 2.71. The molecule has 0 fully saturated rings. The van der Waals surface area contributed by atoms with Gasteiger partial charge < -0.3 is 14.8 Å². The van der Waals surface area contributed by atoms with E-state index in [1.54, 1.807) is 38.6 Å². The number of amides is 1. The van der Waals surface area contributed by atoms with Crippen LogP contribution in [0.25, 0.3) is 0 Å². The number of benzene rings is 2. The second-order valence-corrected chi connectivity index (χ2v) is 5.72. The molecule has 6 nitrogen and oxygen atoms in total. The summed E-state index contributed by atoms with van der Waals surface area (Å²) < 4.78 is 12.3. The van der Waals surface area contributed by atoms with Crippen LogP contribution in [0.15, 0.2) is 60.9 Å². The van der Waals surface area contributed by atoms with Crippen molar-refractivity contribution in [3.05, 3.63) is 77.6 Å². The van der Waals surface area contributed by atoms with Crippen molar-refractivity contribution >= 4 is 5.91 Å². The molecule has 0 unspecified atom stereocenters. The lowest BCUT2D eigenvalue weighted by molar-refractivity contribution is 0.0950. The van der Waals surface area contributed by atoms with E-state index in [1.807, 2.05) is 41.2 Å². The van der Waals surface area contributed by atoms with E-state index in [-0.39, 0.29) is 5.91 Å². The molecule has 0 saturated heterocycles. The largest absolute Gasteiger partial charge is 0.493 e. The molecule has 3 rings (SSSR count). The Kier molecular flexibility index (Phi) is 5.53. The number of carbonyl (C=O) groups is 1. The maximum Gasteiger partial charge on any atom is 0.251 e. The summed E-state index contributed by atoms with van der Waals surface area (Å²) in [6.45, 7) is 1.10. The normalized spacial score (nSPS) is 10.4. The molecule has 0 saturated carbocycles. The second-order valence-electron chi connectivity index (χ2n) is 5.72. The van der Waals surface area contributed by atoms with Crippen molar-refractivity contribution in [3.63, 3.8) is 0 Å². The molecule has 1 aromatic heterocycles. The van der Waals surface area contributed by atoms with Crippen LogP contribution in [0.3, 0.4) is 0 Å². The molecule has 0 radical (unpaired) electrons. The van der Waals surface area contributed by atoms with Gasteiger partial charge in [0.1, 0.15) is 0 Å². The zero-order valence-electron chi connectivity index (χ0n) is 14.8. The SMILES string of the molecule is COc1ccc(C(=O)NCc2ccccc2Cn2cccn2)cc1OC. The molecule has 2 aromatic carbocycles. The van der Waals surface area contributed by atoms with E-state index < -0.39 is 0 Å². The highest BCUT2D eigenvalue weighted by atomic mass is 16.5. The van der Waals surface area contributed by atoms with Crippen LogP contribution in [0.5, 0.6) is 11.5 Å². The molecule has 0 aliphatic heterocycles. The lowest BCUT2D eigenvalue weighted by Crippen LogP contribution is -2.23. The molecule has 0 bridgehead atoms. The molecule has 6 heteroatoms. The minimum Gasteiger partial charge on any atom is -0.493 e. The monoisotopic (exact) mass is 351 g/mol. The molecule has 134 valence electrons. The molecular weight excluding hydrogens is 330 g/mol. The number of nitrogens with one attached hydrogen (secondary N) is 1. The van der Waals surface area contributed by atoms with E-state index in [1.165, 1.54) is 0 Å². The predicted molar refractivity (Wildman–Crippen MR) is 98.5 cm³/mol. The van der Waals surface area contributed by atoms with Gasteiger partial charge in [-0.1, -0.05) is 24.3 Å². The van der Waals surface area contributed by atoms with Crippen LogP contribution in [0.4, 0.5) is 0 Å². The van der Waals surface area contributed by atoms with Crippen molar-refractivity contribution in [3.8, 4) is 11.5 Å². The van der Waals surface area contributed by atoms with Gasteiger partial charge in [-0.05, 0) is 35.4 Å². The summed E-state index contributed by atoms with van der Waals surface area (Å²) in [5, 5.41) is 7.19. The summed E-state index contributed by atoms with van der Waals surface area (Å²) in [6, 6.07) is 15.0. The fraction of sp³-hybridized carbons (Fsp3) is 0.200. The third kappa shape index (κ3) is 4.03. The Balaban J connectivity index is 1.70. The Labute approximate surface area is 152 Å². The van der Waals surface area contributed by atoms with E-state index in [9.17, 15) is 4.79 Å². The number of methoxy groups -OCH3 is 2. The summed E-state index contributed by atoms with van der Waals surface area (Å²) in [7, 11) is 3.11. The fourth-order valence-corrected chi connectivity index (χ4v) is 2.71. The number of carbonyl (C=O) groups excluding carboxylic acids is 1. The molecule has 1 heterocycles. The number of hydrogen-bond donors (Lipinski definition) is 1. The van der Waals surface area contributed by atoms with E-state index in [0.29, 0.717) is 30.2 Å². The van der Waals surface area contributed by atoms with Gasteiger partial charge >= 0.3 is 0 Å². The van der Waals surface area contributed by atoms with Gasteiger partial charge in [0.2, 0.25) is 0 Å². The third-order valence-corrected chi connectivity index (χ3v) is 4.10. The summed E-state index contributed by atoms with van der Waals surface area (Å²) >= 11 is 0. The van der Waals surface area contributed by atoms with Crippen molar-refractivity contribution in [2.75, 3.05) is 14.2 Å². The molecule has 3 aromatic rings. The molecule has 0 aliphatic rings. The molecular formula is C20H21N3O3. The van der Waals surface area contributed by atoms with Crippen LogP contribution in [0.1, 0.15) is 21.5 Å². The van der Waals surface area contributed by atoms with E-state index in [4.69, 9.17) is 9.47 Å². The Hall–Kier alpha value is -3.28. The average molecular weight is 351 g/mol. The maximum atomic E-state index is 12.5. The van der Waals surface area contributed by atoms with Crippen LogP contribution < -0.4 is 14.8 Å². The van der Waals surface area contributed by atoms with Crippen molar-refractivity contribution in [1.29, 1.82) is 0 Å². The summed E-state index contributed by atoms with van der Waals surface area (Å²) in [5.41, 5.74) is 2.69. The van der Waals surface area contributed by atoms with Crippen molar-refractivity contribution in [2.45, 2.75) is 13.1 Å². The Bertz CT molecular complexity index is 876. The highest BCUT2D eigenvalue weighted by Crippen LogP contribution is 2.27. The number of rotatable bonds is 7. The van der Waals surface area contributed by atoms with Crippen molar-refractivity contribution in [1.82, 2.24) is 15.1 Å². The lowest BCUT2D eigenvalue weighted by Gasteiger charge is -2.12. The quantitative estimate of drug-likeness (QED) is 0.711. The number of hydrogen-bond acceptors (Lipinski definition) is 4. The second kappa shape index (κ2) is 8.20. The highest BCUT2D eigenvalue weighted by Gasteiger charge is 2.11. The Morgan fingerprint density at radius 1 is 1.04 bits per heavy atom. The minimum atomic E-state index is -0.167. The van der Waals surface area contributed by atoms with Gasteiger partial charge in [-0.2, -0.15) is 5.10 Å². The van der Waals surface area contributed by atoms with Gasteiger partial charge in [0.25, 0.3) is 5.91 Å². The predicted octanol–water partition coefficient (Wildman–Crippen LogP) is 2.88. The molecule has 1 N–H and O–H groups in total. The maximum absolute atomic E-state index is 12.5. The standard InChI is InChI=1S/C20H21N3O3/c1-25-18-9-8-15(12-19(18)26-2)20(24)21-13-16-6-3-4-7-17(16)14-23-11-5-10-22-23/h3-12H,13-14H2,1-2H3,(H,21,24). The molecule has 26 heavy (non-hydrogen) atoms. The van der Waals surface area contributed by atoms with Crippen LogP contribution in [0.2, 0.25) is 0 Å². The van der Waals surface area contributed by atoms with Crippen LogP contribution >= 0.6 is 0 Å². The average Bonchev–Trinajstić information content (AvgIpc) is 3.19. The van der Waals surface area contributed by atoms with E-state index in [0.717, 1.165) is 11.1 Å². The number of aromatic nitrogens is 2. The molecule has 1 amide bonds. The van der Waals surface area contributed by atoms with Crippen LogP contribution in [-0.2, 0) is 13.1 Å². The number of nitrogens with zero attached hydrogens (tertiary/aromatic N) is 2. The number of ether oxygens (including phenoxy) is 2. The van der Waals surface area contributed by atoms with E-state index >= 15 is 0 Å². The lowest BCUT2D eigenvalue weighted by atomic mass is 10.1. The topological polar surface area (TPSA) is 65.4 Å². The minimum absolute atomic E-state index is 0.167.